The van der Waals surface area contributed by atoms with Gasteiger partial charge < -0.3 is 4.90 Å². The lowest BCUT2D eigenvalue weighted by molar-refractivity contribution is 1.26. The van der Waals surface area contributed by atoms with E-state index in [1.165, 1.54) is 94.6 Å². The molecule has 9 aromatic rings. The molecule has 0 amide bonds. The topological polar surface area (TPSA) is 3.24 Å². The monoisotopic (exact) mass is 755 g/mol. The second kappa shape index (κ2) is 15.3. The van der Waals surface area contributed by atoms with Gasteiger partial charge in [-0.05, 0) is 147 Å². The highest BCUT2D eigenvalue weighted by Gasteiger charge is 2.24. The van der Waals surface area contributed by atoms with E-state index in [9.17, 15) is 0 Å². The summed E-state index contributed by atoms with van der Waals surface area (Å²) in [7, 11) is 0. The van der Waals surface area contributed by atoms with Crippen LogP contribution in [0.1, 0.15) is 27.8 Å². The van der Waals surface area contributed by atoms with Crippen molar-refractivity contribution in [3.8, 4) is 66.8 Å². The molecule has 0 heterocycles. The third-order valence-corrected chi connectivity index (χ3v) is 12.2. The zero-order valence-corrected chi connectivity index (χ0v) is 33.8. The molecule has 0 N–H and O–H groups in total. The Morgan fingerprint density at radius 1 is 0.305 bits per heavy atom. The van der Waals surface area contributed by atoms with E-state index in [1.54, 1.807) is 0 Å². The molecule has 1 aliphatic rings. The van der Waals surface area contributed by atoms with Gasteiger partial charge in [0.15, 0.2) is 0 Å². The van der Waals surface area contributed by atoms with Crippen molar-refractivity contribution in [3.05, 3.63) is 234 Å². The summed E-state index contributed by atoms with van der Waals surface area (Å²) in [5, 5.41) is 0. The molecular weight excluding hydrogens is 711 g/mol. The van der Waals surface area contributed by atoms with Gasteiger partial charge in [0, 0.05) is 16.9 Å². The lowest BCUT2D eigenvalue weighted by atomic mass is 9.91. The molecular formula is C58H45N. The van der Waals surface area contributed by atoms with Crippen LogP contribution in [0.25, 0.3) is 66.8 Å². The number of fused-ring (bicyclic) bond motifs is 3. The average molecular weight is 756 g/mol. The van der Waals surface area contributed by atoms with E-state index in [1.807, 2.05) is 0 Å². The molecule has 10 rings (SSSR count). The predicted octanol–water partition coefficient (Wildman–Crippen LogP) is 16.0. The number of rotatable bonds is 8. The van der Waals surface area contributed by atoms with Crippen molar-refractivity contribution < 1.29 is 0 Å². The van der Waals surface area contributed by atoms with Crippen molar-refractivity contribution in [2.45, 2.75) is 27.2 Å². The van der Waals surface area contributed by atoms with Gasteiger partial charge in [-0.1, -0.05) is 176 Å². The maximum absolute atomic E-state index is 2.44. The summed E-state index contributed by atoms with van der Waals surface area (Å²) in [4.78, 5) is 2.43. The molecule has 0 radical (unpaired) electrons. The maximum atomic E-state index is 2.44. The number of hydrogen-bond acceptors (Lipinski definition) is 1. The van der Waals surface area contributed by atoms with Crippen LogP contribution in [0.5, 0.6) is 0 Å². The zero-order chi connectivity index (χ0) is 39.9. The molecule has 0 saturated carbocycles. The number of para-hydroxylation sites is 1. The fraction of sp³-hybridized carbons (Fsp3) is 0.0690. The van der Waals surface area contributed by atoms with Crippen LogP contribution in [-0.4, -0.2) is 0 Å². The quantitative estimate of drug-likeness (QED) is 0.149. The van der Waals surface area contributed by atoms with E-state index in [0.717, 1.165) is 23.5 Å². The van der Waals surface area contributed by atoms with Crippen LogP contribution in [0, 0.1) is 20.8 Å². The first-order valence-corrected chi connectivity index (χ1v) is 20.6. The molecule has 1 nitrogen and oxygen atoms in total. The molecule has 0 saturated heterocycles. The van der Waals surface area contributed by atoms with Gasteiger partial charge in [-0.25, -0.2) is 0 Å². The molecule has 0 bridgehead atoms. The molecule has 0 spiro atoms. The van der Waals surface area contributed by atoms with Gasteiger partial charge in [-0.3, -0.25) is 0 Å². The maximum Gasteiger partial charge on any atom is 0.0540 e. The molecule has 0 aliphatic heterocycles. The SMILES string of the molecule is Cc1ccccc1-c1ccc(N(c2ccc(-c3ccccc3)cc2)c2ccccc2-c2ccccc2-c2ccc3c(c2)Cc2c(-c4ccccc4C)cccc2-3)cc1C. The number of hydrogen-bond donors (Lipinski definition) is 0. The molecule has 1 heteroatoms. The molecule has 9 aromatic carbocycles. The smallest absolute Gasteiger partial charge is 0.0540 e. The number of aryl methyl sites for hydroxylation is 3. The van der Waals surface area contributed by atoms with Crippen LogP contribution in [0.2, 0.25) is 0 Å². The van der Waals surface area contributed by atoms with Gasteiger partial charge in [0.2, 0.25) is 0 Å². The van der Waals surface area contributed by atoms with Crippen LogP contribution in [0.4, 0.5) is 17.1 Å². The van der Waals surface area contributed by atoms with Crippen LogP contribution in [0.15, 0.2) is 206 Å². The van der Waals surface area contributed by atoms with Crippen LogP contribution in [-0.2, 0) is 6.42 Å². The first-order chi connectivity index (χ1) is 29.0. The second-order valence-electron chi connectivity index (χ2n) is 15.8. The van der Waals surface area contributed by atoms with E-state index >= 15 is 0 Å². The Morgan fingerprint density at radius 2 is 0.797 bits per heavy atom. The van der Waals surface area contributed by atoms with Gasteiger partial charge in [0.05, 0.1) is 5.69 Å². The zero-order valence-electron chi connectivity index (χ0n) is 33.8. The van der Waals surface area contributed by atoms with Gasteiger partial charge in [-0.15, -0.1) is 0 Å². The molecule has 0 unspecified atom stereocenters. The first-order valence-electron chi connectivity index (χ1n) is 20.6. The Hall–Kier alpha value is -7.22. The normalized spacial score (nSPS) is 11.6. The van der Waals surface area contributed by atoms with Crippen molar-refractivity contribution in [1.82, 2.24) is 0 Å². The standard InChI is InChI=1S/C58H45N/c1-39-16-7-9-20-48(39)50-35-33-47(36-41(50)3)59(46-31-28-43(29-32-46)42-18-5-4-6-19-42)58-27-14-13-24-56(58)54-23-12-11-22-51(54)44-30-34-52-45(37-44)38-57-53(25-15-26-55(52)57)49-21-10-8-17-40(49)2/h4-37H,38H2,1-3H3. The minimum absolute atomic E-state index is 0.923. The van der Waals surface area contributed by atoms with Gasteiger partial charge in [-0.2, -0.15) is 0 Å². The Bertz CT molecular complexity index is 2990. The van der Waals surface area contributed by atoms with E-state index in [0.29, 0.717) is 0 Å². The summed E-state index contributed by atoms with van der Waals surface area (Å²) < 4.78 is 0. The summed E-state index contributed by atoms with van der Waals surface area (Å²) >= 11 is 0. The van der Waals surface area contributed by atoms with Crippen LogP contribution >= 0.6 is 0 Å². The summed E-state index contributed by atoms with van der Waals surface area (Å²) in [6.07, 6.45) is 0.923. The van der Waals surface area contributed by atoms with Crippen LogP contribution in [0.3, 0.4) is 0 Å². The Balaban J connectivity index is 1.08. The minimum atomic E-state index is 0.923. The van der Waals surface area contributed by atoms with E-state index < -0.39 is 0 Å². The lowest BCUT2D eigenvalue weighted by Gasteiger charge is -2.29. The first kappa shape index (κ1) is 36.1. The molecule has 59 heavy (non-hydrogen) atoms. The molecule has 0 fully saturated rings. The van der Waals surface area contributed by atoms with Gasteiger partial charge in [0.1, 0.15) is 0 Å². The van der Waals surface area contributed by atoms with Crippen molar-refractivity contribution in [2.75, 3.05) is 4.90 Å². The van der Waals surface area contributed by atoms with Crippen molar-refractivity contribution >= 4 is 17.1 Å². The van der Waals surface area contributed by atoms with Crippen LogP contribution < -0.4 is 4.90 Å². The largest absolute Gasteiger partial charge is 0.310 e. The number of nitrogens with zero attached hydrogens (tertiary/aromatic N) is 1. The van der Waals surface area contributed by atoms with E-state index in [-0.39, 0.29) is 0 Å². The summed E-state index contributed by atoms with van der Waals surface area (Å²) in [5.74, 6) is 0. The highest BCUT2D eigenvalue weighted by molar-refractivity contribution is 5.95. The van der Waals surface area contributed by atoms with Crippen molar-refractivity contribution in [2.24, 2.45) is 0 Å². The minimum Gasteiger partial charge on any atom is -0.310 e. The fourth-order valence-corrected chi connectivity index (χ4v) is 9.21. The third kappa shape index (κ3) is 6.65. The number of anilines is 3. The van der Waals surface area contributed by atoms with E-state index in [4.69, 9.17) is 0 Å². The highest BCUT2D eigenvalue weighted by atomic mass is 15.1. The lowest BCUT2D eigenvalue weighted by Crippen LogP contribution is -2.11. The molecule has 282 valence electrons. The van der Waals surface area contributed by atoms with E-state index in [2.05, 4.69) is 232 Å². The summed E-state index contributed by atoms with van der Waals surface area (Å²) in [6.45, 7) is 6.64. The molecule has 0 aromatic heterocycles. The second-order valence-corrected chi connectivity index (χ2v) is 15.8. The Kier molecular flexibility index (Phi) is 9.35. The Labute approximate surface area is 348 Å². The van der Waals surface area contributed by atoms with Gasteiger partial charge in [0.25, 0.3) is 0 Å². The predicted molar refractivity (Wildman–Crippen MR) is 251 cm³/mol. The average Bonchev–Trinajstić information content (AvgIpc) is 3.66. The number of benzene rings is 9. The fourth-order valence-electron chi connectivity index (χ4n) is 9.21. The molecule has 1 aliphatic carbocycles. The summed E-state index contributed by atoms with van der Waals surface area (Å²) in [5.41, 5.74) is 25.1. The Morgan fingerprint density at radius 3 is 1.49 bits per heavy atom. The van der Waals surface area contributed by atoms with Crippen molar-refractivity contribution in [3.63, 3.8) is 0 Å². The van der Waals surface area contributed by atoms with Crippen molar-refractivity contribution in [1.29, 1.82) is 0 Å². The summed E-state index contributed by atoms with van der Waals surface area (Å²) in [6, 6.07) is 75.7. The third-order valence-electron chi connectivity index (χ3n) is 12.2. The highest BCUT2D eigenvalue weighted by Crippen LogP contribution is 2.47. The molecule has 0 atom stereocenters. The van der Waals surface area contributed by atoms with Gasteiger partial charge >= 0.3 is 0 Å².